The van der Waals surface area contributed by atoms with Crippen molar-refractivity contribution in [1.29, 1.82) is 0 Å². The maximum Gasteiger partial charge on any atom is 0.508 e. The van der Waals surface area contributed by atoms with E-state index in [1.165, 1.54) is 0 Å². The summed E-state index contributed by atoms with van der Waals surface area (Å²) >= 11 is 0. The van der Waals surface area contributed by atoms with Gasteiger partial charge in [-0.05, 0) is 13.8 Å². The maximum absolute atomic E-state index is 10.4. The standard InChI is InChI=1S/C6H10O3/c1-6(2)3-4-8-5(7)9-6/h3-4H2,1-2H3. The van der Waals surface area contributed by atoms with Crippen LogP contribution in [0.1, 0.15) is 20.3 Å². The first-order valence-corrected chi connectivity index (χ1v) is 2.96. The normalized spacial score (nSPS) is 24.4. The van der Waals surface area contributed by atoms with Crippen LogP contribution in [0.15, 0.2) is 0 Å². The molecule has 0 N–H and O–H groups in total. The fraction of sp³-hybridized carbons (Fsp3) is 0.833. The van der Waals surface area contributed by atoms with Gasteiger partial charge < -0.3 is 9.47 Å². The van der Waals surface area contributed by atoms with Crippen molar-refractivity contribution in [3.63, 3.8) is 0 Å². The number of carbonyl (C=O) groups is 1. The highest BCUT2D eigenvalue weighted by molar-refractivity contribution is 5.61. The highest BCUT2D eigenvalue weighted by Gasteiger charge is 2.28. The van der Waals surface area contributed by atoms with Crippen LogP contribution in [0.25, 0.3) is 0 Å². The maximum atomic E-state index is 10.4. The van der Waals surface area contributed by atoms with Crippen molar-refractivity contribution in [2.24, 2.45) is 0 Å². The summed E-state index contributed by atoms with van der Waals surface area (Å²) in [4.78, 5) is 10.4. The average molecular weight is 130 g/mol. The minimum absolute atomic E-state index is 0.324. The third-order valence-corrected chi connectivity index (χ3v) is 1.28. The van der Waals surface area contributed by atoms with Gasteiger partial charge in [0.2, 0.25) is 0 Å². The van der Waals surface area contributed by atoms with Crippen LogP contribution in [0.2, 0.25) is 0 Å². The summed E-state index contributed by atoms with van der Waals surface area (Å²) in [6, 6.07) is 0. The van der Waals surface area contributed by atoms with Crippen LogP contribution in [-0.4, -0.2) is 18.4 Å². The van der Waals surface area contributed by atoms with Gasteiger partial charge in [-0.1, -0.05) is 0 Å². The minimum atomic E-state index is -0.550. The molecule has 9 heavy (non-hydrogen) atoms. The molecule has 0 aliphatic carbocycles. The predicted molar refractivity (Wildman–Crippen MR) is 31.1 cm³/mol. The van der Waals surface area contributed by atoms with Crippen LogP contribution >= 0.6 is 0 Å². The quantitative estimate of drug-likeness (QED) is 0.464. The fourth-order valence-corrected chi connectivity index (χ4v) is 0.686. The summed E-state index contributed by atoms with van der Waals surface area (Å²) in [5.41, 5.74) is -0.324. The van der Waals surface area contributed by atoms with Crippen LogP contribution in [0.4, 0.5) is 4.79 Å². The molecule has 0 bridgehead atoms. The second kappa shape index (κ2) is 1.90. The van der Waals surface area contributed by atoms with Crippen molar-refractivity contribution in [3.8, 4) is 0 Å². The third kappa shape index (κ3) is 1.59. The Balaban J connectivity index is 2.51. The molecule has 0 aromatic carbocycles. The number of hydrogen-bond acceptors (Lipinski definition) is 3. The van der Waals surface area contributed by atoms with Crippen molar-refractivity contribution >= 4 is 6.16 Å². The lowest BCUT2D eigenvalue weighted by molar-refractivity contribution is -0.0655. The van der Waals surface area contributed by atoms with Crippen LogP contribution in [0, 0.1) is 0 Å². The largest absolute Gasteiger partial charge is 0.508 e. The Kier molecular flexibility index (Phi) is 1.35. The van der Waals surface area contributed by atoms with E-state index >= 15 is 0 Å². The van der Waals surface area contributed by atoms with Gasteiger partial charge in [-0.15, -0.1) is 0 Å². The molecule has 0 radical (unpaired) electrons. The first-order valence-electron chi connectivity index (χ1n) is 2.96. The lowest BCUT2D eigenvalue weighted by Crippen LogP contribution is -2.35. The van der Waals surface area contributed by atoms with E-state index in [1.54, 1.807) is 0 Å². The number of hydrogen-bond donors (Lipinski definition) is 0. The molecular formula is C6H10O3. The summed E-state index contributed by atoms with van der Waals surface area (Å²) in [7, 11) is 0. The van der Waals surface area contributed by atoms with Crippen molar-refractivity contribution in [2.75, 3.05) is 6.61 Å². The van der Waals surface area contributed by atoms with E-state index in [4.69, 9.17) is 4.74 Å². The van der Waals surface area contributed by atoms with Gasteiger partial charge in [0.25, 0.3) is 0 Å². The SMILES string of the molecule is CC1(C)CCOC(=O)O1. The molecule has 1 saturated heterocycles. The minimum Gasteiger partial charge on any atom is -0.434 e. The molecule has 0 atom stereocenters. The zero-order valence-electron chi connectivity index (χ0n) is 5.64. The summed E-state index contributed by atoms with van der Waals surface area (Å²) in [6.45, 7) is 4.21. The van der Waals surface area contributed by atoms with E-state index in [9.17, 15) is 4.79 Å². The molecule has 0 aromatic rings. The fourth-order valence-electron chi connectivity index (χ4n) is 0.686. The van der Waals surface area contributed by atoms with Gasteiger partial charge in [0.15, 0.2) is 0 Å². The van der Waals surface area contributed by atoms with E-state index in [2.05, 4.69) is 4.74 Å². The molecule has 1 rings (SSSR count). The molecule has 1 aliphatic heterocycles. The molecule has 1 heterocycles. The molecule has 0 saturated carbocycles. The number of cyclic esters (lactones) is 2. The average Bonchev–Trinajstić information content (AvgIpc) is 1.60. The molecule has 0 spiro atoms. The highest BCUT2D eigenvalue weighted by atomic mass is 16.7. The molecule has 1 fully saturated rings. The molecule has 3 nitrogen and oxygen atoms in total. The smallest absolute Gasteiger partial charge is 0.434 e. The Morgan fingerprint density at radius 2 is 2.22 bits per heavy atom. The van der Waals surface area contributed by atoms with Crippen molar-refractivity contribution in [3.05, 3.63) is 0 Å². The number of rotatable bonds is 0. The van der Waals surface area contributed by atoms with Gasteiger partial charge in [-0.3, -0.25) is 0 Å². The van der Waals surface area contributed by atoms with Crippen molar-refractivity contribution in [1.82, 2.24) is 0 Å². The van der Waals surface area contributed by atoms with Gasteiger partial charge in [0.1, 0.15) is 5.60 Å². The molecule has 0 unspecified atom stereocenters. The topological polar surface area (TPSA) is 35.5 Å². The summed E-state index contributed by atoms with van der Waals surface area (Å²) < 4.78 is 9.36. The van der Waals surface area contributed by atoms with E-state index < -0.39 is 6.16 Å². The first kappa shape index (κ1) is 6.39. The molecule has 52 valence electrons. The predicted octanol–water partition coefficient (Wildman–Crippen LogP) is 1.32. The second-order valence-corrected chi connectivity index (χ2v) is 2.71. The van der Waals surface area contributed by atoms with Gasteiger partial charge in [0, 0.05) is 6.42 Å². The van der Waals surface area contributed by atoms with Gasteiger partial charge in [-0.2, -0.15) is 0 Å². The molecule has 0 aromatic heterocycles. The first-order chi connectivity index (χ1) is 4.10. The van der Waals surface area contributed by atoms with Crippen LogP contribution in [-0.2, 0) is 9.47 Å². The van der Waals surface area contributed by atoms with Crippen LogP contribution in [0.5, 0.6) is 0 Å². The summed E-state index contributed by atoms with van der Waals surface area (Å²) in [6.07, 6.45) is 0.227. The van der Waals surface area contributed by atoms with E-state index in [1.807, 2.05) is 13.8 Å². The van der Waals surface area contributed by atoms with Crippen molar-refractivity contribution in [2.45, 2.75) is 25.9 Å². The molecule has 1 aliphatic rings. The van der Waals surface area contributed by atoms with Gasteiger partial charge in [0.05, 0.1) is 6.61 Å². The lowest BCUT2D eigenvalue weighted by Gasteiger charge is -2.28. The molecule has 0 amide bonds. The monoisotopic (exact) mass is 130 g/mol. The summed E-state index contributed by atoms with van der Waals surface area (Å²) in [5, 5.41) is 0. The second-order valence-electron chi connectivity index (χ2n) is 2.71. The van der Waals surface area contributed by atoms with Crippen LogP contribution < -0.4 is 0 Å². The van der Waals surface area contributed by atoms with E-state index in [0.717, 1.165) is 6.42 Å². The lowest BCUT2D eigenvalue weighted by atomic mass is 10.1. The molecule has 3 heteroatoms. The Hall–Kier alpha value is -0.730. The Bertz CT molecular complexity index is 128. The number of carbonyl (C=O) groups excluding carboxylic acids is 1. The zero-order chi connectivity index (χ0) is 6.91. The van der Waals surface area contributed by atoms with Gasteiger partial charge in [-0.25, -0.2) is 4.79 Å². The van der Waals surface area contributed by atoms with Crippen LogP contribution in [0.3, 0.4) is 0 Å². The van der Waals surface area contributed by atoms with E-state index in [0.29, 0.717) is 6.61 Å². The zero-order valence-corrected chi connectivity index (χ0v) is 5.64. The Morgan fingerprint density at radius 1 is 1.56 bits per heavy atom. The Morgan fingerprint density at radius 3 is 2.56 bits per heavy atom. The summed E-state index contributed by atoms with van der Waals surface area (Å²) in [5.74, 6) is 0. The number of ether oxygens (including phenoxy) is 2. The van der Waals surface area contributed by atoms with Gasteiger partial charge >= 0.3 is 6.16 Å². The Labute approximate surface area is 53.9 Å². The molecular weight excluding hydrogens is 120 g/mol. The van der Waals surface area contributed by atoms with Crippen molar-refractivity contribution < 1.29 is 14.3 Å². The third-order valence-electron chi connectivity index (χ3n) is 1.28. The van der Waals surface area contributed by atoms with E-state index in [-0.39, 0.29) is 5.60 Å². The highest BCUT2D eigenvalue weighted by Crippen LogP contribution is 2.19.